The van der Waals surface area contributed by atoms with E-state index in [-0.39, 0.29) is 24.4 Å². The molecule has 0 aromatic heterocycles. The molecule has 2 rings (SSSR count). The first-order chi connectivity index (χ1) is 9.40. The van der Waals surface area contributed by atoms with Crippen molar-refractivity contribution in [1.29, 1.82) is 0 Å². The molecule has 1 unspecified atom stereocenters. The number of aryl methyl sites for hydroxylation is 2. The molecule has 1 aromatic carbocycles. The van der Waals surface area contributed by atoms with Crippen molar-refractivity contribution in [3.8, 4) is 0 Å². The SMILES string of the molecule is Cc1cc(C)cc(C(C)NC(=O)C2(N)CCCCC2)c1.Cl. The van der Waals surface area contributed by atoms with Crippen LogP contribution in [-0.4, -0.2) is 11.4 Å². The van der Waals surface area contributed by atoms with Gasteiger partial charge in [0.15, 0.2) is 0 Å². The lowest BCUT2D eigenvalue weighted by molar-refractivity contribution is -0.128. The number of rotatable bonds is 3. The fourth-order valence-electron chi connectivity index (χ4n) is 3.09. The predicted octanol–water partition coefficient (Wildman–Crippen LogP) is 3.56. The number of benzene rings is 1. The van der Waals surface area contributed by atoms with Gasteiger partial charge in [0, 0.05) is 0 Å². The molecule has 1 atom stereocenters. The van der Waals surface area contributed by atoms with E-state index in [4.69, 9.17) is 5.73 Å². The van der Waals surface area contributed by atoms with Crippen LogP contribution >= 0.6 is 12.4 Å². The van der Waals surface area contributed by atoms with Crippen molar-refractivity contribution in [3.63, 3.8) is 0 Å². The number of carbonyl (C=O) groups excluding carboxylic acids is 1. The van der Waals surface area contributed by atoms with E-state index >= 15 is 0 Å². The lowest BCUT2D eigenvalue weighted by Crippen LogP contribution is -2.55. The second-order valence-electron chi connectivity index (χ2n) is 6.33. The summed E-state index contributed by atoms with van der Waals surface area (Å²) < 4.78 is 0. The Balaban J connectivity index is 0.00000220. The van der Waals surface area contributed by atoms with Gasteiger partial charge < -0.3 is 11.1 Å². The fourth-order valence-corrected chi connectivity index (χ4v) is 3.09. The Morgan fingerprint density at radius 1 is 1.14 bits per heavy atom. The highest BCUT2D eigenvalue weighted by Crippen LogP contribution is 2.27. The van der Waals surface area contributed by atoms with Crippen LogP contribution in [0.25, 0.3) is 0 Å². The van der Waals surface area contributed by atoms with Crippen molar-refractivity contribution >= 4 is 18.3 Å². The molecule has 3 N–H and O–H groups in total. The largest absolute Gasteiger partial charge is 0.348 e. The van der Waals surface area contributed by atoms with Crippen molar-refractivity contribution in [2.75, 3.05) is 0 Å². The third-order valence-corrected chi connectivity index (χ3v) is 4.29. The van der Waals surface area contributed by atoms with E-state index < -0.39 is 5.54 Å². The van der Waals surface area contributed by atoms with Gasteiger partial charge in [0.1, 0.15) is 0 Å². The summed E-state index contributed by atoms with van der Waals surface area (Å²) in [7, 11) is 0. The number of halogens is 1. The predicted molar refractivity (Wildman–Crippen MR) is 89.7 cm³/mol. The first kappa shape index (κ1) is 18.0. The molecule has 1 amide bonds. The molecule has 1 fully saturated rings. The van der Waals surface area contributed by atoms with Crippen molar-refractivity contribution in [1.82, 2.24) is 5.32 Å². The van der Waals surface area contributed by atoms with Gasteiger partial charge in [0.2, 0.25) is 5.91 Å². The zero-order valence-corrected chi connectivity index (χ0v) is 14.1. The van der Waals surface area contributed by atoms with E-state index in [9.17, 15) is 4.79 Å². The lowest BCUT2D eigenvalue weighted by atomic mass is 9.81. The van der Waals surface area contributed by atoms with Crippen LogP contribution in [0.1, 0.15) is 61.8 Å². The number of carbonyl (C=O) groups is 1. The van der Waals surface area contributed by atoms with Gasteiger partial charge in [-0.15, -0.1) is 12.4 Å². The Bertz CT molecular complexity index is 475. The van der Waals surface area contributed by atoms with E-state index in [0.717, 1.165) is 31.2 Å². The summed E-state index contributed by atoms with van der Waals surface area (Å²) in [6.45, 7) is 6.19. The standard InChI is InChI=1S/C17H26N2O.ClH/c1-12-9-13(2)11-15(10-12)14(3)19-16(20)17(18)7-5-4-6-8-17;/h9-11,14H,4-8,18H2,1-3H3,(H,19,20);1H. The van der Waals surface area contributed by atoms with Crippen LogP contribution < -0.4 is 11.1 Å². The highest BCUT2D eigenvalue weighted by Gasteiger charge is 2.35. The van der Waals surface area contributed by atoms with Gasteiger partial charge in [-0.25, -0.2) is 0 Å². The average molecular weight is 311 g/mol. The van der Waals surface area contributed by atoms with Gasteiger partial charge >= 0.3 is 0 Å². The smallest absolute Gasteiger partial charge is 0.240 e. The molecule has 1 saturated carbocycles. The minimum Gasteiger partial charge on any atom is -0.348 e. The normalized spacial score (nSPS) is 18.5. The number of nitrogens with one attached hydrogen (secondary N) is 1. The molecule has 1 aliphatic rings. The van der Waals surface area contributed by atoms with Crippen LogP contribution in [0, 0.1) is 13.8 Å². The fraction of sp³-hybridized carbons (Fsp3) is 0.588. The molecule has 0 radical (unpaired) electrons. The van der Waals surface area contributed by atoms with Gasteiger partial charge in [-0.1, -0.05) is 48.6 Å². The zero-order valence-electron chi connectivity index (χ0n) is 13.2. The van der Waals surface area contributed by atoms with Gasteiger partial charge in [0.05, 0.1) is 11.6 Å². The van der Waals surface area contributed by atoms with Crippen LogP contribution in [0.2, 0.25) is 0 Å². The van der Waals surface area contributed by atoms with E-state index in [1.807, 2.05) is 6.92 Å². The number of amides is 1. The van der Waals surface area contributed by atoms with E-state index in [2.05, 4.69) is 37.4 Å². The molecule has 3 nitrogen and oxygen atoms in total. The van der Waals surface area contributed by atoms with Gasteiger partial charge in [0.25, 0.3) is 0 Å². The average Bonchev–Trinajstić information content (AvgIpc) is 2.38. The molecule has 0 heterocycles. The second-order valence-corrected chi connectivity index (χ2v) is 6.33. The van der Waals surface area contributed by atoms with Gasteiger partial charge in [-0.2, -0.15) is 0 Å². The topological polar surface area (TPSA) is 55.1 Å². The Morgan fingerprint density at radius 3 is 2.19 bits per heavy atom. The summed E-state index contributed by atoms with van der Waals surface area (Å²) in [5, 5.41) is 3.10. The van der Waals surface area contributed by atoms with Crippen LogP contribution in [0.3, 0.4) is 0 Å². The van der Waals surface area contributed by atoms with Crippen LogP contribution in [0.4, 0.5) is 0 Å². The number of hydrogen-bond donors (Lipinski definition) is 2. The molecular weight excluding hydrogens is 284 g/mol. The molecule has 1 aliphatic carbocycles. The van der Waals surface area contributed by atoms with Crippen molar-refractivity contribution in [2.24, 2.45) is 5.73 Å². The number of hydrogen-bond acceptors (Lipinski definition) is 2. The molecule has 4 heteroatoms. The third-order valence-electron chi connectivity index (χ3n) is 4.29. The lowest BCUT2D eigenvalue weighted by Gasteiger charge is -2.33. The number of nitrogens with two attached hydrogens (primary N) is 1. The minimum atomic E-state index is -0.661. The quantitative estimate of drug-likeness (QED) is 0.897. The molecular formula is C17H27ClN2O. The Morgan fingerprint density at radius 2 is 1.67 bits per heavy atom. The van der Waals surface area contributed by atoms with Crippen molar-refractivity contribution < 1.29 is 4.79 Å². The first-order valence-corrected chi connectivity index (χ1v) is 7.59. The monoisotopic (exact) mass is 310 g/mol. The van der Waals surface area contributed by atoms with Gasteiger partial charge in [-0.3, -0.25) is 4.79 Å². The van der Waals surface area contributed by atoms with E-state index in [1.54, 1.807) is 0 Å². The molecule has 21 heavy (non-hydrogen) atoms. The maximum absolute atomic E-state index is 12.4. The van der Waals surface area contributed by atoms with Crippen molar-refractivity contribution in [3.05, 3.63) is 34.9 Å². The van der Waals surface area contributed by atoms with Crippen LogP contribution in [0.15, 0.2) is 18.2 Å². The highest BCUT2D eigenvalue weighted by molar-refractivity contribution is 5.86. The Hall–Kier alpha value is -1.06. The van der Waals surface area contributed by atoms with Gasteiger partial charge in [-0.05, 0) is 39.2 Å². The summed E-state index contributed by atoms with van der Waals surface area (Å²) in [5.74, 6) is 0.00357. The molecule has 1 aromatic rings. The molecule has 0 saturated heterocycles. The van der Waals surface area contributed by atoms with Crippen LogP contribution in [0.5, 0.6) is 0 Å². The highest BCUT2D eigenvalue weighted by atomic mass is 35.5. The van der Waals surface area contributed by atoms with E-state index in [0.29, 0.717) is 0 Å². The second kappa shape index (κ2) is 7.28. The molecule has 118 valence electrons. The maximum atomic E-state index is 12.4. The summed E-state index contributed by atoms with van der Waals surface area (Å²) in [5.41, 5.74) is 9.21. The van der Waals surface area contributed by atoms with Crippen molar-refractivity contribution in [2.45, 2.75) is 64.5 Å². The molecule has 0 bridgehead atoms. The third kappa shape index (κ3) is 4.45. The maximum Gasteiger partial charge on any atom is 0.240 e. The summed E-state index contributed by atoms with van der Waals surface area (Å²) in [4.78, 5) is 12.4. The van der Waals surface area contributed by atoms with Crippen LogP contribution in [-0.2, 0) is 4.79 Å². The molecule has 0 aliphatic heterocycles. The summed E-state index contributed by atoms with van der Waals surface area (Å²) >= 11 is 0. The molecule has 0 spiro atoms. The zero-order chi connectivity index (χ0) is 14.8. The summed E-state index contributed by atoms with van der Waals surface area (Å²) in [6, 6.07) is 6.40. The Labute approximate surface area is 134 Å². The minimum absolute atomic E-state index is 0. The summed E-state index contributed by atoms with van der Waals surface area (Å²) in [6.07, 6.45) is 4.92. The van der Waals surface area contributed by atoms with E-state index in [1.165, 1.54) is 17.5 Å². The first-order valence-electron chi connectivity index (χ1n) is 7.59. The Kier molecular flexibility index (Phi) is 6.24.